The third kappa shape index (κ3) is 5.48. The summed E-state index contributed by atoms with van der Waals surface area (Å²) in [6.45, 7) is 5.82. The van der Waals surface area contributed by atoms with Crippen molar-refractivity contribution in [1.82, 2.24) is 9.21 Å². The van der Waals surface area contributed by atoms with Crippen LogP contribution in [0.3, 0.4) is 0 Å². The molecular weight excluding hydrogens is 416 g/mol. The molecule has 1 heterocycles. The van der Waals surface area contributed by atoms with Gasteiger partial charge in [-0.05, 0) is 50.3 Å². The number of ether oxygens (including phenoxy) is 1. The number of hydrogen-bond donors (Lipinski definition) is 1. The van der Waals surface area contributed by atoms with E-state index in [-0.39, 0.29) is 41.7 Å². The number of carbonyl (C=O) groups excluding carboxylic acids is 1. The second kappa shape index (κ2) is 9.71. The van der Waals surface area contributed by atoms with Gasteiger partial charge in [-0.2, -0.15) is 4.31 Å². The average Bonchev–Trinajstić information content (AvgIpc) is 3.54. The molecule has 3 rings (SSSR count). The number of carbonyl (C=O) groups is 1. The van der Waals surface area contributed by atoms with E-state index in [0.717, 1.165) is 18.4 Å². The molecule has 7 nitrogen and oxygen atoms in total. The van der Waals surface area contributed by atoms with E-state index in [4.69, 9.17) is 4.74 Å². The van der Waals surface area contributed by atoms with Crippen molar-refractivity contribution in [2.45, 2.75) is 57.1 Å². The Hall–Kier alpha value is -1.90. The van der Waals surface area contributed by atoms with E-state index < -0.39 is 16.1 Å². The van der Waals surface area contributed by atoms with E-state index in [1.807, 2.05) is 26.0 Å². The number of fused-ring (bicyclic) bond motifs is 1. The summed E-state index contributed by atoms with van der Waals surface area (Å²) in [6, 6.07) is 4.47. The van der Waals surface area contributed by atoms with E-state index in [0.29, 0.717) is 18.9 Å². The number of nitrogens with zero attached hydrogens (tertiary/aromatic N) is 2. The summed E-state index contributed by atoms with van der Waals surface area (Å²) in [4.78, 5) is 14.3. The Morgan fingerprint density at radius 1 is 1.39 bits per heavy atom. The van der Waals surface area contributed by atoms with Gasteiger partial charge in [-0.3, -0.25) is 4.79 Å². The highest BCUT2D eigenvalue weighted by atomic mass is 32.2. The fourth-order valence-electron chi connectivity index (χ4n) is 3.85. The van der Waals surface area contributed by atoms with E-state index in [1.165, 1.54) is 4.31 Å². The third-order valence-electron chi connectivity index (χ3n) is 6.09. The predicted molar refractivity (Wildman–Crippen MR) is 120 cm³/mol. The maximum absolute atomic E-state index is 13.4. The fourth-order valence-corrected chi connectivity index (χ4v) is 5.68. The van der Waals surface area contributed by atoms with Crippen LogP contribution in [0.25, 0.3) is 6.08 Å². The van der Waals surface area contributed by atoms with Crippen LogP contribution >= 0.6 is 0 Å². The summed E-state index contributed by atoms with van der Waals surface area (Å²) in [7, 11) is -2.07. The number of aliphatic hydroxyl groups excluding tert-OH is 1. The quantitative estimate of drug-likeness (QED) is 0.690. The largest absolute Gasteiger partial charge is 0.487 e. The first-order valence-electron chi connectivity index (χ1n) is 11.0. The zero-order valence-electron chi connectivity index (χ0n) is 18.8. The van der Waals surface area contributed by atoms with Gasteiger partial charge in [0.15, 0.2) is 0 Å². The SMILES string of the molecule is C/C=C/c1ccc2c(c1)O[C@@H](CN(C)C(=O)CC1CC1)[C@H](C)CN([C@H](C)CO)S2(=O)=O. The number of sulfonamides is 1. The second-order valence-electron chi connectivity index (χ2n) is 8.87. The minimum absolute atomic E-state index is 0.0879. The molecule has 172 valence electrons. The molecule has 1 aromatic rings. The van der Waals surface area contributed by atoms with Crippen LogP contribution in [0, 0.1) is 11.8 Å². The van der Waals surface area contributed by atoms with Crippen molar-refractivity contribution < 1.29 is 23.1 Å². The first-order chi connectivity index (χ1) is 14.7. The van der Waals surface area contributed by atoms with Crippen LogP contribution in [-0.2, 0) is 14.8 Å². The number of allylic oxidation sites excluding steroid dienone is 1. The molecule has 1 aliphatic heterocycles. The molecule has 31 heavy (non-hydrogen) atoms. The molecule has 1 saturated carbocycles. The van der Waals surface area contributed by atoms with Crippen molar-refractivity contribution in [1.29, 1.82) is 0 Å². The predicted octanol–water partition coefficient (Wildman–Crippen LogP) is 2.75. The van der Waals surface area contributed by atoms with Gasteiger partial charge in [-0.1, -0.05) is 25.1 Å². The molecule has 0 aromatic heterocycles. The summed E-state index contributed by atoms with van der Waals surface area (Å²) in [6.07, 6.45) is 6.17. The lowest BCUT2D eigenvalue weighted by Crippen LogP contribution is -2.50. The number of amides is 1. The summed E-state index contributed by atoms with van der Waals surface area (Å²) in [5.74, 6) is 0.695. The van der Waals surface area contributed by atoms with Crippen molar-refractivity contribution >= 4 is 22.0 Å². The molecule has 0 radical (unpaired) electrons. The van der Waals surface area contributed by atoms with E-state index in [9.17, 15) is 18.3 Å². The summed E-state index contributed by atoms with van der Waals surface area (Å²) in [5, 5.41) is 9.70. The van der Waals surface area contributed by atoms with Gasteiger partial charge in [0.2, 0.25) is 15.9 Å². The van der Waals surface area contributed by atoms with Gasteiger partial charge in [0.25, 0.3) is 0 Å². The number of likely N-dealkylation sites (N-methyl/N-ethyl adjacent to an activating group) is 1. The Morgan fingerprint density at radius 2 is 2.10 bits per heavy atom. The van der Waals surface area contributed by atoms with Gasteiger partial charge in [0.1, 0.15) is 16.7 Å². The Kier molecular flexibility index (Phi) is 7.44. The molecular formula is C23H34N2O5S. The van der Waals surface area contributed by atoms with Crippen molar-refractivity contribution in [3.05, 3.63) is 29.8 Å². The number of aliphatic hydroxyl groups is 1. The van der Waals surface area contributed by atoms with Crippen LogP contribution in [0.5, 0.6) is 5.75 Å². The monoisotopic (exact) mass is 450 g/mol. The van der Waals surface area contributed by atoms with Gasteiger partial charge in [-0.25, -0.2) is 8.42 Å². The van der Waals surface area contributed by atoms with Gasteiger partial charge < -0.3 is 14.7 Å². The Labute approximate surface area is 185 Å². The van der Waals surface area contributed by atoms with E-state index in [2.05, 4.69) is 0 Å². The number of hydrogen-bond acceptors (Lipinski definition) is 5. The van der Waals surface area contributed by atoms with Crippen molar-refractivity contribution in [3.63, 3.8) is 0 Å². The second-order valence-corrected chi connectivity index (χ2v) is 10.7. The van der Waals surface area contributed by atoms with Crippen LogP contribution in [0.1, 0.15) is 45.6 Å². The first-order valence-corrected chi connectivity index (χ1v) is 12.4. The molecule has 0 spiro atoms. The first kappa shape index (κ1) is 23.8. The summed E-state index contributed by atoms with van der Waals surface area (Å²) in [5.41, 5.74) is 0.836. The Morgan fingerprint density at radius 3 is 2.71 bits per heavy atom. The number of rotatable bonds is 7. The normalized spacial score (nSPS) is 24.7. The van der Waals surface area contributed by atoms with Crippen LogP contribution in [0.4, 0.5) is 0 Å². The molecule has 1 fully saturated rings. The molecule has 0 bridgehead atoms. The van der Waals surface area contributed by atoms with Gasteiger partial charge in [0.05, 0.1) is 13.2 Å². The molecule has 3 atom stereocenters. The maximum atomic E-state index is 13.4. The topological polar surface area (TPSA) is 87.2 Å². The van der Waals surface area contributed by atoms with Crippen LogP contribution in [-0.4, -0.2) is 67.5 Å². The molecule has 0 unspecified atom stereocenters. The summed E-state index contributed by atoms with van der Waals surface area (Å²) < 4.78 is 34.5. The smallest absolute Gasteiger partial charge is 0.247 e. The summed E-state index contributed by atoms with van der Waals surface area (Å²) >= 11 is 0. The number of benzene rings is 1. The van der Waals surface area contributed by atoms with Crippen molar-refractivity contribution in [2.75, 3.05) is 26.7 Å². The Balaban J connectivity index is 1.97. The highest BCUT2D eigenvalue weighted by molar-refractivity contribution is 7.89. The molecule has 1 aliphatic carbocycles. The molecule has 0 saturated heterocycles. The molecule has 8 heteroatoms. The van der Waals surface area contributed by atoms with Gasteiger partial charge in [0, 0.05) is 32.0 Å². The van der Waals surface area contributed by atoms with E-state index in [1.54, 1.807) is 37.1 Å². The van der Waals surface area contributed by atoms with Crippen LogP contribution < -0.4 is 4.74 Å². The standard InChI is InChI=1S/C23H34N2O5S/c1-5-6-18-9-10-22-20(11-18)30-21(14-24(4)23(27)12-19-7-8-19)16(2)13-25(17(3)15-26)31(22,28)29/h5-6,9-11,16-17,19,21,26H,7-8,12-15H2,1-4H3/b6-5+/t16-,17-,21+/m1/s1. The zero-order chi connectivity index (χ0) is 22.8. The molecule has 1 N–H and O–H groups in total. The minimum atomic E-state index is -3.85. The van der Waals surface area contributed by atoms with E-state index >= 15 is 0 Å². The molecule has 1 amide bonds. The molecule has 2 aliphatic rings. The zero-order valence-corrected chi connectivity index (χ0v) is 19.6. The lowest BCUT2D eigenvalue weighted by atomic mass is 10.0. The van der Waals surface area contributed by atoms with Crippen molar-refractivity contribution in [3.8, 4) is 5.75 Å². The minimum Gasteiger partial charge on any atom is -0.487 e. The average molecular weight is 451 g/mol. The fraction of sp³-hybridized carbons (Fsp3) is 0.609. The maximum Gasteiger partial charge on any atom is 0.247 e. The lowest BCUT2D eigenvalue weighted by molar-refractivity contribution is -0.131. The lowest BCUT2D eigenvalue weighted by Gasteiger charge is -2.37. The highest BCUT2D eigenvalue weighted by Crippen LogP contribution is 2.35. The van der Waals surface area contributed by atoms with Crippen molar-refractivity contribution in [2.24, 2.45) is 11.8 Å². The third-order valence-corrected chi connectivity index (χ3v) is 8.11. The Bertz CT molecular complexity index is 926. The highest BCUT2D eigenvalue weighted by Gasteiger charge is 2.38. The van der Waals surface area contributed by atoms with Crippen LogP contribution in [0.15, 0.2) is 29.2 Å². The molecule has 1 aromatic carbocycles. The van der Waals surface area contributed by atoms with Gasteiger partial charge in [-0.15, -0.1) is 0 Å². The van der Waals surface area contributed by atoms with Crippen LogP contribution in [0.2, 0.25) is 0 Å². The van der Waals surface area contributed by atoms with Gasteiger partial charge >= 0.3 is 0 Å².